The number of rotatable bonds is 6. The highest BCUT2D eigenvalue weighted by Gasteiger charge is 2.28. The fourth-order valence-corrected chi connectivity index (χ4v) is 3.58. The molecule has 0 saturated carbocycles. The molecule has 0 atom stereocenters. The van der Waals surface area contributed by atoms with Crippen LogP contribution in [-0.4, -0.2) is 25.8 Å². The first-order valence-corrected chi connectivity index (χ1v) is 7.79. The number of hydrogen-bond donors (Lipinski definition) is 1. The van der Waals surface area contributed by atoms with E-state index in [0.29, 0.717) is 18.4 Å². The third-order valence-corrected chi connectivity index (χ3v) is 5.29. The quantitative estimate of drug-likeness (QED) is 0.872. The molecule has 0 saturated heterocycles. The van der Waals surface area contributed by atoms with Gasteiger partial charge in [-0.05, 0) is 30.5 Å². The van der Waals surface area contributed by atoms with Gasteiger partial charge < -0.3 is 5.73 Å². The summed E-state index contributed by atoms with van der Waals surface area (Å²) in [6.45, 7) is 4.00. The number of hydrogen-bond acceptors (Lipinski definition) is 3. The van der Waals surface area contributed by atoms with Crippen molar-refractivity contribution in [2.24, 2.45) is 5.73 Å². The minimum Gasteiger partial charge on any atom is -0.326 e. The van der Waals surface area contributed by atoms with Crippen molar-refractivity contribution in [3.63, 3.8) is 0 Å². The average Bonchev–Trinajstić information content (AvgIpc) is 2.39. The molecule has 19 heavy (non-hydrogen) atoms. The maximum Gasteiger partial charge on any atom is 0.245 e. The number of nitrogens with zero attached hydrogens (tertiary/aromatic N) is 1. The Morgan fingerprint density at radius 3 is 2.32 bits per heavy atom. The molecule has 2 N–H and O–H groups in total. The lowest BCUT2D eigenvalue weighted by Crippen LogP contribution is -2.36. The van der Waals surface area contributed by atoms with E-state index in [1.807, 2.05) is 13.8 Å². The lowest BCUT2D eigenvalue weighted by atomic mass is 10.2. The van der Waals surface area contributed by atoms with Gasteiger partial charge in [0.1, 0.15) is 10.7 Å². The maximum atomic E-state index is 13.9. The molecule has 6 heteroatoms. The van der Waals surface area contributed by atoms with Crippen LogP contribution < -0.4 is 5.73 Å². The largest absolute Gasteiger partial charge is 0.326 e. The third kappa shape index (κ3) is 3.32. The van der Waals surface area contributed by atoms with Crippen molar-refractivity contribution in [2.75, 3.05) is 7.05 Å². The van der Waals surface area contributed by atoms with Crippen LogP contribution in [0.5, 0.6) is 0 Å². The molecule has 0 bridgehead atoms. The molecule has 0 fully saturated rings. The van der Waals surface area contributed by atoms with Crippen molar-refractivity contribution in [2.45, 2.75) is 44.2 Å². The first-order chi connectivity index (χ1) is 8.88. The molecule has 0 spiro atoms. The Hall–Kier alpha value is -0.980. The van der Waals surface area contributed by atoms with E-state index in [1.54, 1.807) is 0 Å². The lowest BCUT2D eigenvalue weighted by Gasteiger charge is -2.25. The van der Waals surface area contributed by atoms with Gasteiger partial charge in [0.15, 0.2) is 0 Å². The van der Waals surface area contributed by atoms with Crippen LogP contribution in [0, 0.1) is 5.82 Å². The summed E-state index contributed by atoms with van der Waals surface area (Å²) in [5.41, 5.74) is 5.97. The van der Waals surface area contributed by atoms with Gasteiger partial charge in [-0.25, -0.2) is 12.8 Å². The molecule has 1 aromatic carbocycles. The summed E-state index contributed by atoms with van der Waals surface area (Å²) in [6.07, 6.45) is 1.38. The standard InChI is InChI=1S/C13H21FN2O2S/c1-4-11(5-2)16(3)19(17,18)13-7-6-10(9-15)8-12(13)14/h6-8,11H,4-5,9,15H2,1-3H3. The van der Waals surface area contributed by atoms with Crippen molar-refractivity contribution >= 4 is 10.0 Å². The second-order valence-corrected chi connectivity index (χ2v) is 6.43. The van der Waals surface area contributed by atoms with Gasteiger partial charge in [0.25, 0.3) is 0 Å². The topological polar surface area (TPSA) is 63.4 Å². The van der Waals surface area contributed by atoms with E-state index >= 15 is 0 Å². The van der Waals surface area contributed by atoms with Crippen molar-refractivity contribution in [1.29, 1.82) is 0 Å². The summed E-state index contributed by atoms with van der Waals surface area (Å²) in [5, 5.41) is 0. The molecule has 0 unspecified atom stereocenters. The zero-order valence-corrected chi connectivity index (χ0v) is 12.4. The summed E-state index contributed by atoms with van der Waals surface area (Å²) in [7, 11) is -2.31. The Morgan fingerprint density at radius 1 is 1.32 bits per heavy atom. The summed E-state index contributed by atoms with van der Waals surface area (Å²) >= 11 is 0. The van der Waals surface area contributed by atoms with Crippen LogP contribution >= 0.6 is 0 Å². The monoisotopic (exact) mass is 288 g/mol. The Labute approximate surface area is 114 Å². The Kier molecular flexibility index (Phi) is 5.46. The van der Waals surface area contributed by atoms with Gasteiger partial charge in [-0.15, -0.1) is 0 Å². The van der Waals surface area contributed by atoms with Crippen LogP contribution in [0.4, 0.5) is 4.39 Å². The summed E-state index contributed by atoms with van der Waals surface area (Å²) < 4.78 is 39.9. The molecule has 1 rings (SSSR count). The van der Waals surface area contributed by atoms with Crippen LogP contribution in [-0.2, 0) is 16.6 Å². The van der Waals surface area contributed by atoms with E-state index in [1.165, 1.54) is 29.6 Å². The van der Waals surface area contributed by atoms with Crippen LogP contribution in [0.2, 0.25) is 0 Å². The third-order valence-electron chi connectivity index (χ3n) is 3.35. The van der Waals surface area contributed by atoms with Gasteiger partial charge in [0.05, 0.1) is 0 Å². The van der Waals surface area contributed by atoms with E-state index in [-0.39, 0.29) is 17.5 Å². The van der Waals surface area contributed by atoms with E-state index in [2.05, 4.69) is 0 Å². The molecule has 1 aromatic rings. The minimum atomic E-state index is -3.80. The first-order valence-electron chi connectivity index (χ1n) is 6.34. The van der Waals surface area contributed by atoms with Crippen LogP contribution in [0.3, 0.4) is 0 Å². The van der Waals surface area contributed by atoms with Gasteiger partial charge in [0, 0.05) is 19.6 Å². The molecular formula is C13H21FN2O2S. The second-order valence-electron chi connectivity index (χ2n) is 4.46. The predicted octanol–water partition coefficient (Wildman–Crippen LogP) is 2.09. The van der Waals surface area contributed by atoms with E-state index in [4.69, 9.17) is 5.73 Å². The second kappa shape index (κ2) is 6.45. The molecule has 0 heterocycles. The lowest BCUT2D eigenvalue weighted by molar-refractivity contribution is 0.348. The fourth-order valence-electron chi connectivity index (χ4n) is 2.03. The molecular weight excluding hydrogens is 267 g/mol. The van der Waals surface area contributed by atoms with Crippen LogP contribution in [0.1, 0.15) is 32.3 Å². The molecule has 108 valence electrons. The summed E-state index contributed by atoms with van der Waals surface area (Å²) in [6, 6.07) is 3.87. The van der Waals surface area contributed by atoms with Gasteiger partial charge in [-0.1, -0.05) is 19.9 Å². The molecule has 0 aromatic heterocycles. The highest BCUT2D eigenvalue weighted by Crippen LogP contribution is 2.22. The zero-order valence-electron chi connectivity index (χ0n) is 11.6. The fraction of sp³-hybridized carbons (Fsp3) is 0.538. The first kappa shape index (κ1) is 16.1. The Bertz CT molecular complexity index is 527. The number of nitrogens with two attached hydrogens (primary N) is 1. The van der Waals surface area contributed by atoms with Crippen molar-refractivity contribution in [3.8, 4) is 0 Å². The number of halogens is 1. The number of sulfonamides is 1. The van der Waals surface area contributed by atoms with Gasteiger partial charge in [-0.2, -0.15) is 4.31 Å². The van der Waals surface area contributed by atoms with Crippen molar-refractivity contribution in [1.82, 2.24) is 4.31 Å². The molecule has 0 aliphatic heterocycles. The van der Waals surface area contributed by atoms with E-state index in [0.717, 1.165) is 0 Å². The van der Waals surface area contributed by atoms with Crippen LogP contribution in [0.15, 0.2) is 23.1 Å². The minimum absolute atomic E-state index is 0.126. The molecule has 0 radical (unpaired) electrons. The Balaban J connectivity index is 3.20. The Morgan fingerprint density at radius 2 is 1.89 bits per heavy atom. The van der Waals surface area contributed by atoms with E-state index in [9.17, 15) is 12.8 Å². The summed E-state index contributed by atoms with van der Waals surface area (Å²) in [4.78, 5) is -0.292. The van der Waals surface area contributed by atoms with Crippen molar-refractivity contribution < 1.29 is 12.8 Å². The highest BCUT2D eigenvalue weighted by molar-refractivity contribution is 7.89. The SMILES string of the molecule is CCC(CC)N(C)S(=O)(=O)c1ccc(CN)cc1F. The molecule has 4 nitrogen and oxygen atoms in total. The summed E-state index contributed by atoms with van der Waals surface area (Å²) in [5.74, 6) is -0.749. The average molecular weight is 288 g/mol. The molecule has 0 aliphatic carbocycles. The maximum absolute atomic E-state index is 13.9. The number of benzene rings is 1. The van der Waals surface area contributed by atoms with Crippen molar-refractivity contribution in [3.05, 3.63) is 29.6 Å². The van der Waals surface area contributed by atoms with Gasteiger partial charge in [0.2, 0.25) is 10.0 Å². The zero-order chi connectivity index (χ0) is 14.6. The van der Waals surface area contributed by atoms with Gasteiger partial charge >= 0.3 is 0 Å². The molecule has 0 aliphatic rings. The normalized spacial score (nSPS) is 12.4. The van der Waals surface area contributed by atoms with Gasteiger partial charge in [-0.3, -0.25) is 0 Å². The highest BCUT2D eigenvalue weighted by atomic mass is 32.2. The smallest absolute Gasteiger partial charge is 0.245 e. The molecule has 0 amide bonds. The van der Waals surface area contributed by atoms with E-state index < -0.39 is 15.8 Å². The predicted molar refractivity (Wildman–Crippen MR) is 73.6 cm³/mol. The van der Waals surface area contributed by atoms with Crippen LogP contribution in [0.25, 0.3) is 0 Å².